The lowest BCUT2D eigenvalue weighted by molar-refractivity contribution is 0.219. The second-order valence-corrected chi connectivity index (χ2v) is 10.5. The Kier molecular flexibility index (Phi) is 4.83. The number of piperidine rings is 1. The van der Waals surface area contributed by atoms with Gasteiger partial charge in [-0.3, -0.25) is 0 Å². The van der Waals surface area contributed by atoms with Gasteiger partial charge < -0.3 is 15.0 Å². The van der Waals surface area contributed by atoms with Crippen molar-refractivity contribution in [3.63, 3.8) is 0 Å². The predicted molar refractivity (Wildman–Crippen MR) is 119 cm³/mol. The van der Waals surface area contributed by atoms with E-state index in [2.05, 4.69) is 16.3 Å². The highest BCUT2D eigenvalue weighted by atomic mass is 32.2. The fourth-order valence-electron chi connectivity index (χ4n) is 5.43. The van der Waals surface area contributed by atoms with Crippen LogP contribution in [0.5, 0.6) is 5.75 Å². The number of nitriles is 1. The standard InChI is InChI=1S/C23H26N4O3S/c1-30-18-7-8-21-20(15-18)25-23(22-6-3-11-27(21)22)9-12-26(13-10-23)31(28,29)19-5-2-4-17(14-19)16-24/h2,4-5,7-8,14-15,22,25H,3,6,9-13H2,1H3. The maximum absolute atomic E-state index is 13.2. The molecule has 1 atom stereocenters. The van der Waals surface area contributed by atoms with E-state index in [1.807, 2.05) is 18.2 Å². The van der Waals surface area contributed by atoms with Gasteiger partial charge in [-0.25, -0.2) is 8.42 Å². The van der Waals surface area contributed by atoms with Gasteiger partial charge in [-0.1, -0.05) is 6.07 Å². The molecule has 3 heterocycles. The summed E-state index contributed by atoms with van der Waals surface area (Å²) in [5.41, 5.74) is 2.47. The summed E-state index contributed by atoms with van der Waals surface area (Å²) in [6.45, 7) is 1.93. The SMILES string of the molecule is COc1ccc2c(c1)NC1(CCN(S(=O)(=O)c3cccc(C#N)c3)CC1)C1CCCN21. The smallest absolute Gasteiger partial charge is 0.243 e. The lowest BCUT2D eigenvalue weighted by Crippen LogP contribution is -2.62. The van der Waals surface area contributed by atoms with E-state index in [9.17, 15) is 8.42 Å². The summed E-state index contributed by atoms with van der Waals surface area (Å²) in [5, 5.41) is 12.9. The lowest BCUT2D eigenvalue weighted by atomic mass is 9.78. The topological polar surface area (TPSA) is 85.7 Å². The van der Waals surface area contributed by atoms with Crippen molar-refractivity contribution in [2.24, 2.45) is 0 Å². The Labute approximate surface area is 183 Å². The van der Waals surface area contributed by atoms with Crippen molar-refractivity contribution in [1.82, 2.24) is 4.31 Å². The minimum atomic E-state index is -3.62. The van der Waals surface area contributed by atoms with Crippen molar-refractivity contribution in [3.8, 4) is 11.8 Å². The van der Waals surface area contributed by atoms with Gasteiger partial charge in [0.1, 0.15) is 5.75 Å². The zero-order chi connectivity index (χ0) is 21.6. The third-order valence-electron chi connectivity index (χ3n) is 7.00. The molecular formula is C23H26N4O3S. The molecule has 5 rings (SSSR count). The van der Waals surface area contributed by atoms with Crippen LogP contribution in [0.4, 0.5) is 11.4 Å². The molecule has 162 valence electrons. The third kappa shape index (κ3) is 3.24. The Balaban J connectivity index is 1.41. The normalized spacial score (nSPS) is 22.3. The summed E-state index contributed by atoms with van der Waals surface area (Å²) in [4.78, 5) is 2.68. The number of fused-ring (bicyclic) bond motifs is 4. The molecule has 0 bridgehead atoms. The van der Waals surface area contributed by atoms with Crippen molar-refractivity contribution in [2.45, 2.75) is 42.2 Å². The third-order valence-corrected chi connectivity index (χ3v) is 8.90. The van der Waals surface area contributed by atoms with E-state index in [4.69, 9.17) is 10.00 Å². The molecule has 2 saturated heterocycles. The van der Waals surface area contributed by atoms with E-state index < -0.39 is 10.0 Å². The van der Waals surface area contributed by atoms with Crippen LogP contribution in [-0.4, -0.2) is 51.0 Å². The Bertz CT molecular complexity index is 1150. The number of hydrogen-bond acceptors (Lipinski definition) is 6. The van der Waals surface area contributed by atoms with E-state index in [1.54, 1.807) is 29.6 Å². The van der Waals surface area contributed by atoms with Gasteiger partial charge in [0, 0.05) is 25.7 Å². The van der Waals surface area contributed by atoms with Crippen LogP contribution in [0.2, 0.25) is 0 Å². The maximum Gasteiger partial charge on any atom is 0.243 e. The molecule has 0 saturated carbocycles. The van der Waals surface area contributed by atoms with Crippen LogP contribution < -0.4 is 15.0 Å². The number of methoxy groups -OCH3 is 1. The van der Waals surface area contributed by atoms with Crippen LogP contribution in [0.15, 0.2) is 47.4 Å². The molecule has 2 aromatic rings. The first kappa shape index (κ1) is 20.2. The molecule has 1 spiro atoms. The van der Waals surface area contributed by atoms with E-state index in [-0.39, 0.29) is 10.4 Å². The average molecular weight is 439 g/mol. The molecule has 31 heavy (non-hydrogen) atoms. The largest absolute Gasteiger partial charge is 0.497 e. The Morgan fingerprint density at radius 2 is 1.97 bits per heavy atom. The maximum atomic E-state index is 13.2. The first-order chi connectivity index (χ1) is 15.0. The van der Waals surface area contributed by atoms with Gasteiger partial charge >= 0.3 is 0 Å². The number of anilines is 2. The first-order valence-electron chi connectivity index (χ1n) is 10.7. The van der Waals surface area contributed by atoms with Crippen molar-refractivity contribution in [1.29, 1.82) is 5.26 Å². The molecule has 8 heteroatoms. The average Bonchev–Trinajstić information content (AvgIpc) is 3.30. The molecule has 1 N–H and O–H groups in total. The second-order valence-electron chi connectivity index (χ2n) is 8.56. The van der Waals surface area contributed by atoms with Crippen molar-refractivity contribution >= 4 is 21.4 Å². The molecule has 0 aliphatic carbocycles. The van der Waals surface area contributed by atoms with E-state index >= 15 is 0 Å². The van der Waals surface area contributed by atoms with Gasteiger partial charge in [-0.15, -0.1) is 0 Å². The van der Waals surface area contributed by atoms with Gasteiger partial charge in [0.05, 0.1) is 46.6 Å². The summed E-state index contributed by atoms with van der Waals surface area (Å²) in [7, 11) is -1.95. The summed E-state index contributed by atoms with van der Waals surface area (Å²) in [6, 6.07) is 14.8. The lowest BCUT2D eigenvalue weighted by Gasteiger charge is -2.53. The van der Waals surface area contributed by atoms with Crippen molar-refractivity contribution in [3.05, 3.63) is 48.0 Å². The van der Waals surface area contributed by atoms with Crippen LogP contribution in [0.25, 0.3) is 0 Å². The first-order valence-corrected chi connectivity index (χ1v) is 12.1. The minimum absolute atomic E-state index is 0.156. The molecule has 7 nitrogen and oxygen atoms in total. The summed E-state index contributed by atoms with van der Waals surface area (Å²) in [5.74, 6) is 0.816. The second kappa shape index (κ2) is 7.43. The Morgan fingerprint density at radius 3 is 2.71 bits per heavy atom. The zero-order valence-electron chi connectivity index (χ0n) is 17.5. The molecule has 2 fully saturated rings. The molecular weight excluding hydrogens is 412 g/mol. The zero-order valence-corrected chi connectivity index (χ0v) is 18.4. The quantitative estimate of drug-likeness (QED) is 0.792. The minimum Gasteiger partial charge on any atom is -0.497 e. The molecule has 3 aliphatic heterocycles. The highest BCUT2D eigenvalue weighted by Gasteiger charge is 2.50. The van der Waals surface area contributed by atoms with E-state index in [0.717, 1.165) is 43.7 Å². The van der Waals surface area contributed by atoms with Gasteiger partial charge in [-0.05, 0) is 56.0 Å². The van der Waals surface area contributed by atoms with Crippen LogP contribution in [0.3, 0.4) is 0 Å². The molecule has 2 aromatic carbocycles. The monoisotopic (exact) mass is 438 g/mol. The Morgan fingerprint density at radius 1 is 1.16 bits per heavy atom. The Hall–Kier alpha value is -2.76. The van der Waals surface area contributed by atoms with Gasteiger partial charge in [0.2, 0.25) is 10.0 Å². The predicted octanol–water partition coefficient (Wildman–Crippen LogP) is 3.18. The molecule has 0 radical (unpaired) electrons. The molecule has 0 aromatic heterocycles. The van der Waals surface area contributed by atoms with Crippen LogP contribution in [-0.2, 0) is 10.0 Å². The molecule has 0 amide bonds. The van der Waals surface area contributed by atoms with Crippen LogP contribution >= 0.6 is 0 Å². The fraction of sp³-hybridized carbons (Fsp3) is 0.435. The highest BCUT2D eigenvalue weighted by molar-refractivity contribution is 7.89. The van der Waals surface area contributed by atoms with Gasteiger partial charge in [0.15, 0.2) is 0 Å². The van der Waals surface area contributed by atoms with Crippen LogP contribution in [0, 0.1) is 11.3 Å². The number of ether oxygens (including phenoxy) is 1. The van der Waals surface area contributed by atoms with Gasteiger partial charge in [0.25, 0.3) is 0 Å². The van der Waals surface area contributed by atoms with E-state index in [0.29, 0.717) is 24.7 Å². The summed E-state index contributed by atoms with van der Waals surface area (Å²) >= 11 is 0. The van der Waals surface area contributed by atoms with Crippen molar-refractivity contribution in [2.75, 3.05) is 37.0 Å². The van der Waals surface area contributed by atoms with E-state index in [1.165, 1.54) is 11.8 Å². The fourth-order valence-corrected chi connectivity index (χ4v) is 6.92. The number of benzene rings is 2. The summed E-state index contributed by atoms with van der Waals surface area (Å²) < 4.78 is 33.4. The molecule has 3 aliphatic rings. The number of nitrogens with zero attached hydrogens (tertiary/aromatic N) is 3. The number of nitrogens with one attached hydrogen (secondary N) is 1. The van der Waals surface area contributed by atoms with Crippen molar-refractivity contribution < 1.29 is 13.2 Å². The van der Waals surface area contributed by atoms with Crippen LogP contribution in [0.1, 0.15) is 31.2 Å². The number of rotatable bonds is 3. The van der Waals surface area contributed by atoms with Gasteiger partial charge in [-0.2, -0.15) is 9.57 Å². The summed E-state index contributed by atoms with van der Waals surface area (Å²) in [6.07, 6.45) is 3.72. The molecule has 1 unspecified atom stereocenters. The highest BCUT2D eigenvalue weighted by Crippen LogP contribution is 2.48. The number of sulfonamides is 1. The number of hydrogen-bond donors (Lipinski definition) is 1.